The maximum absolute atomic E-state index is 5.84. The van der Waals surface area contributed by atoms with Crippen LogP contribution in [0.15, 0.2) is 6.07 Å². The molecule has 1 aromatic heterocycles. The highest BCUT2D eigenvalue weighted by Crippen LogP contribution is 2.16. The SMILES string of the molecule is COc1cc(OC)nc(CC(C)Cl)n1. The molecule has 1 rings (SSSR count). The third-order valence-electron chi connectivity index (χ3n) is 1.61. The average molecular weight is 217 g/mol. The fourth-order valence-electron chi connectivity index (χ4n) is 1.00. The Kier molecular flexibility index (Phi) is 3.95. The maximum Gasteiger partial charge on any atom is 0.220 e. The van der Waals surface area contributed by atoms with E-state index in [1.807, 2.05) is 6.92 Å². The second-order valence-corrected chi connectivity index (χ2v) is 3.60. The number of halogens is 1. The fraction of sp³-hybridized carbons (Fsp3) is 0.556. The van der Waals surface area contributed by atoms with Crippen molar-refractivity contribution in [3.8, 4) is 11.8 Å². The van der Waals surface area contributed by atoms with Crippen LogP contribution in [0.2, 0.25) is 0 Å². The van der Waals surface area contributed by atoms with E-state index in [9.17, 15) is 0 Å². The van der Waals surface area contributed by atoms with Crippen molar-refractivity contribution in [2.24, 2.45) is 0 Å². The van der Waals surface area contributed by atoms with E-state index in [1.54, 1.807) is 20.3 Å². The van der Waals surface area contributed by atoms with Gasteiger partial charge in [0.15, 0.2) is 0 Å². The topological polar surface area (TPSA) is 44.2 Å². The van der Waals surface area contributed by atoms with Gasteiger partial charge in [-0.05, 0) is 6.92 Å². The third-order valence-corrected chi connectivity index (χ3v) is 1.76. The smallest absolute Gasteiger partial charge is 0.220 e. The molecular formula is C9H13ClN2O2. The average Bonchev–Trinajstić information content (AvgIpc) is 2.16. The van der Waals surface area contributed by atoms with Gasteiger partial charge in [-0.3, -0.25) is 0 Å². The number of rotatable bonds is 4. The highest BCUT2D eigenvalue weighted by Gasteiger charge is 2.07. The molecule has 0 aliphatic rings. The molecule has 0 radical (unpaired) electrons. The predicted octanol–water partition coefficient (Wildman–Crippen LogP) is 1.66. The quantitative estimate of drug-likeness (QED) is 0.719. The van der Waals surface area contributed by atoms with E-state index in [4.69, 9.17) is 21.1 Å². The highest BCUT2D eigenvalue weighted by atomic mass is 35.5. The van der Waals surface area contributed by atoms with Crippen molar-refractivity contribution in [3.05, 3.63) is 11.9 Å². The van der Waals surface area contributed by atoms with E-state index in [0.29, 0.717) is 24.0 Å². The minimum absolute atomic E-state index is 0.00758. The van der Waals surface area contributed by atoms with Gasteiger partial charge in [0, 0.05) is 11.8 Å². The Balaban J connectivity index is 2.92. The molecule has 0 saturated heterocycles. The van der Waals surface area contributed by atoms with Crippen LogP contribution in [0.5, 0.6) is 11.8 Å². The van der Waals surface area contributed by atoms with Gasteiger partial charge < -0.3 is 9.47 Å². The van der Waals surface area contributed by atoms with Gasteiger partial charge in [-0.15, -0.1) is 11.6 Å². The molecule has 1 unspecified atom stereocenters. The Hall–Kier alpha value is -1.03. The Morgan fingerprint density at radius 3 is 2.14 bits per heavy atom. The van der Waals surface area contributed by atoms with E-state index in [0.717, 1.165) is 0 Å². The minimum atomic E-state index is -0.00758. The van der Waals surface area contributed by atoms with Crippen molar-refractivity contribution in [2.75, 3.05) is 14.2 Å². The lowest BCUT2D eigenvalue weighted by Crippen LogP contribution is -2.05. The second-order valence-electron chi connectivity index (χ2n) is 2.85. The zero-order chi connectivity index (χ0) is 10.6. The van der Waals surface area contributed by atoms with E-state index in [2.05, 4.69) is 9.97 Å². The Morgan fingerprint density at radius 2 is 1.79 bits per heavy atom. The van der Waals surface area contributed by atoms with Crippen LogP contribution in [0.4, 0.5) is 0 Å². The van der Waals surface area contributed by atoms with Gasteiger partial charge in [0.05, 0.1) is 20.3 Å². The van der Waals surface area contributed by atoms with E-state index >= 15 is 0 Å². The predicted molar refractivity (Wildman–Crippen MR) is 54.2 cm³/mol. The largest absolute Gasteiger partial charge is 0.481 e. The van der Waals surface area contributed by atoms with Gasteiger partial charge in [0.25, 0.3) is 0 Å². The molecule has 0 amide bonds. The zero-order valence-electron chi connectivity index (χ0n) is 8.45. The van der Waals surface area contributed by atoms with Crippen molar-refractivity contribution in [1.82, 2.24) is 9.97 Å². The summed E-state index contributed by atoms with van der Waals surface area (Å²) < 4.78 is 10.0. The monoisotopic (exact) mass is 216 g/mol. The molecule has 0 N–H and O–H groups in total. The molecule has 0 aromatic carbocycles. The lowest BCUT2D eigenvalue weighted by atomic mass is 10.3. The van der Waals surface area contributed by atoms with E-state index in [1.165, 1.54) is 0 Å². The maximum atomic E-state index is 5.84. The molecule has 0 spiro atoms. The first-order valence-electron chi connectivity index (χ1n) is 4.25. The van der Waals surface area contributed by atoms with Gasteiger partial charge in [-0.1, -0.05) is 0 Å². The van der Waals surface area contributed by atoms with Gasteiger partial charge in [-0.25, -0.2) is 0 Å². The molecule has 4 nitrogen and oxygen atoms in total. The molecule has 78 valence electrons. The number of hydrogen-bond acceptors (Lipinski definition) is 4. The third kappa shape index (κ3) is 3.03. The van der Waals surface area contributed by atoms with Crippen LogP contribution >= 0.6 is 11.6 Å². The summed E-state index contributed by atoms with van der Waals surface area (Å²) in [6.07, 6.45) is 0.592. The molecule has 0 aliphatic carbocycles. The first kappa shape index (κ1) is 11.0. The number of ether oxygens (including phenoxy) is 2. The molecule has 0 saturated carbocycles. The van der Waals surface area contributed by atoms with Crippen molar-refractivity contribution < 1.29 is 9.47 Å². The van der Waals surface area contributed by atoms with Crippen LogP contribution in [0, 0.1) is 0 Å². The second kappa shape index (κ2) is 5.00. The minimum Gasteiger partial charge on any atom is -0.481 e. The van der Waals surface area contributed by atoms with Crippen LogP contribution in [0.3, 0.4) is 0 Å². The first-order chi connectivity index (χ1) is 6.65. The Morgan fingerprint density at radius 1 is 1.29 bits per heavy atom. The number of alkyl halides is 1. The van der Waals surface area contributed by atoms with Crippen molar-refractivity contribution >= 4 is 11.6 Å². The van der Waals surface area contributed by atoms with E-state index < -0.39 is 0 Å². The number of methoxy groups -OCH3 is 2. The first-order valence-corrected chi connectivity index (χ1v) is 4.69. The summed E-state index contributed by atoms with van der Waals surface area (Å²) in [7, 11) is 3.10. The van der Waals surface area contributed by atoms with E-state index in [-0.39, 0.29) is 5.38 Å². The zero-order valence-corrected chi connectivity index (χ0v) is 9.21. The van der Waals surface area contributed by atoms with Gasteiger partial charge >= 0.3 is 0 Å². The van der Waals surface area contributed by atoms with Crippen molar-refractivity contribution in [3.63, 3.8) is 0 Å². The van der Waals surface area contributed by atoms with Gasteiger partial charge in [-0.2, -0.15) is 9.97 Å². The van der Waals surface area contributed by atoms with Crippen LogP contribution in [-0.4, -0.2) is 29.6 Å². The van der Waals surface area contributed by atoms with Crippen molar-refractivity contribution in [2.45, 2.75) is 18.7 Å². The molecule has 5 heteroatoms. The summed E-state index contributed by atoms with van der Waals surface area (Å²) in [5.41, 5.74) is 0. The van der Waals surface area contributed by atoms with Gasteiger partial charge in [0.1, 0.15) is 5.82 Å². The molecule has 1 heterocycles. The summed E-state index contributed by atoms with van der Waals surface area (Å²) in [6.45, 7) is 1.89. The van der Waals surface area contributed by atoms with Crippen LogP contribution < -0.4 is 9.47 Å². The van der Waals surface area contributed by atoms with Crippen LogP contribution in [0.25, 0.3) is 0 Å². The lowest BCUT2D eigenvalue weighted by Gasteiger charge is -2.06. The summed E-state index contributed by atoms with van der Waals surface area (Å²) in [6, 6.07) is 1.63. The highest BCUT2D eigenvalue weighted by molar-refractivity contribution is 6.20. The summed E-state index contributed by atoms with van der Waals surface area (Å²) >= 11 is 5.84. The van der Waals surface area contributed by atoms with Gasteiger partial charge in [0.2, 0.25) is 11.8 Å². The molecule has 1 aromatic rings. The number of hydrogen-bond donors (Lipinski definition) is 0. The summed E-state index contributed by atoms with van der Waals surface area (Å²) in [5, 5.41) is -0.00758. The molecule has 0 aliphatic heterocycles. The molecule has 14 heavy (non-hydrogen) atoms. The number of nitrogens with zero attached hydrogens (tertiary/aromatic N) is 2. The fourth-order valence-corrected chi connectivity index (χ4v) is 1.14. The Bertz CT molecular complexity index is 283. The normalized spacial score (nSPS) is 12.3. The lowest BCUT2D eigenvalue weighted by molar-refractivity contribution is 0.368. The molecule has 1 atom stereocenters. The summed E-state index contributed by atoms with van der Waals surface area (Å²) in [5.74, 6) is 1.61. The van der Waals surface area contributed by atoms with Crippen molar-refractivity contribution in [1.29, 1.82) is 0 Å². The molecular weight excluding hydrogens is 204 g/mol. The Labute approximate surface area is 88.2 Å². The standard InChI is InChI=1S/C9H13ClN2O2/c1-6(10)4-7-11-8(13-2)5-9(12-7)14-3/h5-6H,4H2,1-3H3. The van der Waals surface area contributed by atoms with Crippen LogP contribution in [-0.2, 0) is 6.42 Å². The molecule has 0 fully saturated rings. The number of aromatic nitrogens is 2. The molecule has 0 bridgehead atoms. The van der Waals surface area contributed by atoms with Crippen LogP contribution in [0.1, 0.15) is 12.7 Å². The summed E-state index contributed by atoms with van der Waals surface area (Å²) in [4.78, 5) is 8.28.